The van der Waals surface area contributed by atoms with E-state index in [0.717, 1.165) is 43.7 Å². The van der Waals surface area contributed by atoms with Crippen molar-refractivity contribution in [2.75, 3.05) is 27.2 Å². The number of likely N-dealkylation sites (tertiary alicyclic amines) is 1. The second kappa shape index (κ2) is 7.40. The predicted octanol–water partition coefficient (Wildman–Crippen LogP) is 2.21. The van der Waals surface area contributed by atoms with Crippen LogP contribution in [0.15, 0.2) is 24.4 Å². The van der Waals surface area contributed by atoms with Crippen LogP contribution in [0, 0.1) is 6.92 Å². The molecule has 3 aromatic heterocycles. The average molecular weight is 368 g/mol. The first-order valence-electron chi connectivity index (χ1n) is 9.70. The summed E-state index contributed by atoms with van der Waals surface area (Å²) in [5.74, 6) is 3.63. The molecule has 0 amide bonds. The Morgan fingerprint density at radius 3 is 2.89 bits per heavy atom. The largest absolute Gasteiger partial charge is 0.317 e. The Hall–Kier alpha value is -2.25. The number of hydrogen-bond donors (Lipinski definition) is 0. The Morgan fingerprint density at radius 1 is 1.22 bits per heavy atom. The van der Waals surface area contributed by atoms with E-state index in [1.165, 1.54) is 24.1 Å². The van der Waals surface area contributed by atoms with Crippen LogP contribution in [0.1, 0.15) is 41.9 Å². The molecule has 0 bridgehead atoms. The number of rotatable bonds is 5. The van der Waals surface area contributed by atoms with Gasteiger partial charge in [0.2, 0.25) is 0 Å². The molecule has 0 radical (unpaired) electrons. The highest BCUT2D eigenvalue weighted by molar-refractivity contribution is 5.53. The molecule has 1 fully saturated rings. The fourth-order valence-corrected chi connectivity index (χ4v) is 4.16. The van der Waals surface area contributed by atoms with E-state index in [1.807, 2.05) is 0 Å². The van der Waals surface area contributed by atoms with Gasteiger partial charge in [-0.05, 0) is 52.5 Å². The van der Waals surface area contributed by atoms with Crippen molar-refractivity contribution in [1.82, 2.24) is 33.9 Å². The van der Waals surface area contributed by atoms with Crippen LogP contribution in [0.25, 0.3) is 5.52 Å². The van der Waals surface area contributed by atoms with E-state index in [9.17, 15) is 0 Å². The Labute approximate surface area is 160 Å². The summed E-state index contributed by atoms with van der Waals surface area (Å²) in [6.45, 7) is 5.91. The van der Waals surface area contributed by atoms with Gasteiger partial charge in [-0.15, -0.1) is 10.2 Å². The molecule has 1 saturated heterocycles. The first-order valence-corrected chi connectivity index (χ1v) is 9.70. The standard InChI is InChI=1S/C20H29N7/c1-15-21-17(18-9-5-6-11-27(15)18)13-26-10-7-8-16(12-26)20-23-22-19(25(20)4)14-24(2)3/h5-6,9,11,16H,7-8,10,12-14H2,1-4H3/t16-/m1/s1. The molecule has 7 nitrogen and oxygen atoms in total. The number of nitrogens with zero attached hydrogens (tertiary/aromatic N) is 7. The highest BCUT2D eigenvalue weighted by Crippen LogP contribution is 2.27. The van der Waals surface area contributed by atoms with Gasteiger partial charge in [0.15, 0.2) is 0 Å². The normalized spacial score (nSPS) is 18.6. The molecule has 0 N–H and O–H groups in total. The van der Waals surface area contributed by atoms with Crippen molar-refractivity contribution in [3.05, 3.63) is 47.6 Å². The van der Waals surface area contributed by atoms with E-state index in [-0.39, 0.29) is 0 Å². The summed E-state index contributed by atoms with van der Waals surface area (Å²) in [4.78, 5) is 9.47. The van der Waals surface area contributed by atoms with Crippen molar-refractivity contribution in [3.63, 3.8) is 0 Å². The minimum absolute atomic E-state index is 0.433. The average Bonchev–Trinajstić information content (AvgIpc) is 3.16. The van der Waals surface area contributed by atoms with Gasteiger partial charge >= 0.3 is 0 Å². The molecule has 0 aromatic carbocycles. The molecule has 0 unspecified atom stereocenters. The zero-order valence-corrected chi connectivity index (χ0v) is 16.8. The van der Waals surface area contributed by atoms with Crippen molar-refractivity contribution in [1.29, 1.82) is 0 Å². The number of aromatic nitrogens is 5. The summed E-state index contributed by atoms with van der Waals surface area (Å²) in [6, 6.07) is 6.31. The molecule has 4 rings (SSSR count). The molecular weight excluding hydrogens is 338 g/mol. The number of pyridine rings is 1. The van der Waals surface area contributed by atoms with Gasteiger partial charge in [0.25, 0.3) is 0 Å². The van der Waals surface area contributed by atoms with Crippen LogP contribution < -0.4 is 0 Å². The van der Waals surface area contributed by atoms with Crippen molar-refractivity contribution in [3.8, 4) is 0 Å². The number of imidazole rings is 1. The molecular formula is C20H29N7. The third-order valence-corrected chi connectivity index (χ3v) is 5.50. The summed E-state index contributed by atoms with van der Waals surface area (Å²) in [5, 5.41) is 8.95. The molecule has 27 heavy (non-hydrogen) atoms. The molecule has 4 heterocycles. The summed E-state index contributed by atoms with van der Waals surface area (Å²) < 4.78 is 4.36. The molecule has 3 aromatic rings. The van der Waals surface area contributed by atoms with Gasteiger partial charge in [0.05, 0.1) is 17.8 Å². The van der Waals surface area contributed by atoms with Crippen molar-refractivity contribution in [2.24, 2.45) is 7.05 Å². The summed E-state index contributed by atoms with van der Waals surface area (Å²) in [6.07, 6.45) is 4.45. The second-order valence-corrected chi connectivity index (χ2v) is 7.91. The van der Waals surface area contributed by atoms with Gasteiger partial charge < -0.3 is 13.9 Å². The van der Waals surface area contributed by atoms with Gasteiger partial charge in [-0.3, -0.25) is 4.90 Å². The first-order chi connectivity index (χ1) is 13.0. The van der Waals surface area contributed by atoms with Crippen LogP contribution in [0.3, 0.4) is 0 Å². The zero-order valence-electron chi connectivity index (χ0n) is 16.8. The Kier molecular flexibility index (Phi) is 4.97. The van der Waals surface area contributed by atoms with Crippen molar-refractivity contribution in [2.45, 2.75) is 38.8 Å². The monoisotopic (exact) mass is 367 g/mol. The molecule has 7 heteroatoms. The van der Waals surface area contributed by atoms with Crippen molar-refractivity contribution < 1.29 is 0 Å². The van der Waals surface area contributed by atoms with Crippen LogP contribution in [0.2, 0.25) is 0 Å². The molecule has 0 spiro atoms. The van der Waals surface area contributed by atoms with Gasteiger partial charge in [0, 0.05) is 32.3 Å². The Balaban J connectivity index is 1.51. The van der Waals surface area contributed by atoms with Gasteiger partial charge in [-0.1, -0.05) is 6.07 Å². The maximum absolute atomic E-state index is 4.82. The van der Waals surface area contributed by atoms with E-state index in [2.05, 4.69) is 81.4 Å². The van der Waals surface area contributed by atoms with E-state index in [1.54, 1.807) is 0 Å². The second-order valence-electron chi connectivity index (χ2n) is 7.91. The van der Waals surface area contributed by atoms with Crippen LogP contribution in [-0.2, 0) is 20.1 Å². The lowest BCUT2D eigenvalue weighted by Gasteiger charge is -2.31. The van der Waals surface area contributed by atoms with E-state index < -0.39 is 0 Å². The highest BCUT2D eigenvalue weighted by Gasteiger charge is 2.26. The van der Waals surface area contributed by atoms with E-state index >= 15 is 0 Å². The summed E-state index contributed by atoms with van der Waals surface area (Å²) in [7, 11) is 6.22. The highest BCUT2D eigenvalue weighted by atomic mass is 15.3. The number of fused-ring (bicyclic) bond motifs is 1. The minimum atomic E-state index is 0.433. The molecule has 0 aliphatic carbocycles. The maximum atomic E-state index is 4.82. The fourth-order valence-electron chi connectivity index (χ4n) is 4.16. The molecule has 0 saturated carbocycles. The van der Waals surface area contributed by atoms with Gasteiger partial charge in [-0.25, -0.2) is 4.98 Å². The third-order valence-electron chi connectivity index (χ3n) is 5.50. The van der Waals surface area contributed by atoms with Crippen LogP contribution >= 0.6 is 0 Å². The Bertz CT molecular complexity index is 924. The first kappa shape index (κ1) is 18.1. The molecule has 1 aliphatic rings. The number of hydrogen-bond acceptors (Lipinski definition) is 5. The SMILES string of the molecule is Cc1nc(CN2CCC[C@@H](c3nnc(CN(C)C)n3C)C2)c2ccccn12. The lowest BCUT2D eigenvalue weighted by atomic mass is 9.97. The lowest BCUT2D eigenvalue weighted by Crippen LogP contribution is -2.35. The smallest absolute Gasteiger partial charge is 0.146 e. The lowest BCUT2D eigenvalue weighted by molar-refractivity contribution is 0.193. The molecule has 144 valence electrons. The molecule has 1 aliphatic heterocycles. The number of aryl methyl sites for hydroxylation is 1. The van der Waals surface area contributed by atoms with Gasteiger partial charge in [0.1, 0.15) is 17.5 Å². The maximum Gasteiger partial charge on any atom is 0.146 e. The summed E-state index contributed by atoms with van der Waals surface area (Å²) in [5.41, 5.74) is 2.38. The minimum Gasteiger partial charge on any atom is -0.317 e. The quantitative estimate of drug-likeness (QED) is 0.692. The third kappa shape index (κ3) is 3.61. The predicted molar refractivity (Wildman–Crippen MR) is 106 cm³/mol. The van der Waals surface area contributed by atoms with E-state index in [4.69, 9.17) is 4.98 Å². The van der Waals surface area contributed by atoms with Crippen LogP contribution in [0.5, 0.6) is 0 Å². The van der Waals surface area contributed by atoms with Crippen LogP contribution in [-0.4, -0.2) is 61.1 Å². The number of piperidine rings is 1. The Morgan fingerprint density at radius 2 is 2.07 bits per heavy atom. The van der Waals surface area contributed by atoms with Gasteiger partial charge in [-0.2, -0.15) is 0 Å². The fraction of sp³-hybridized carbons (Fsp3) is 0.550. The van der Waals surface area contributed by atoms with E-state index in [0.29, 0.717) is 5.92 Å². The molecule has 1 atom stereocenters. The topological polar surface area (TPSA) is 54.5 Å². The van der Waals surface area contributed by atoms with Crippen molar-refractivity contribution >= 4 is 5.52 Å². The van der Waals surface area contributed by atoms with Crippen LogP contribution in [0.4, 0.5) is 0 Å². The zero-order chi connectivity index (χ0) is 19.0. The summed E-state index contributed by atoms with van der Waals surface area (Å²) >= 11 is 0.